The molecule has 1 aromatic rings. The third-order valence-corrected chi connectivity index (χ3v) is 2.19. The van der Waals surface area contributed by atoms with Gasteiger partial charge in [-0.1, -0.05) is 30.3 Å². The zero-order chi connectivity index (χ0) is 12.5. The third-order valence-electron chi connectivity index (χ3n) is 2.19. The number of hydrogen-bond donors (Lipinski definition) is 2. The molecular weight excluding hydrogens is 222 g/mol. The van der Waals surface area contributed by atoms with Crippen molar-refractivity contribution >= 4 is 6.09 Å². The number of amides is 1. The van der Waals surface area contributed by atoms with E-state index in [0.29, 0.717) is 13.0 Å². The maximum atomic E-state index is 10.8. The van der Waals surface area contributed by atoms with Crippen molar-refractivity contribution in [1.82, 2.24) is 0 Å². The highest BCUT2D eigenvalue weighted by Gasteiger charge is 2.14. The lowest BCUT2D eigenvalue weighted by Crippen LogP contribution is -2.19. The molecule has 0 heterocycles. The van der Waals surface area contributed by atoms with Crippen molar-refractivity contribution < 1.29 is 19.4 Å². The lowest BCUT2D eigenvalue weighted by atomic mass is 10.1. The number of carbonyl (C=O) groups excluding carboxylic acids is 1. The molecule has 0 saturated carbocycles. The Morgan fingerprint density at radius 1 is 1.29 bits per heavy atom. The molecule has 0 saturated heterocycles. The van der Waals surface area contributed by atoms with Gasteiger partial charge in [-0.25, -0.2) is 4.79 Å². The molecule has 17 heavy (non-hydrogen) atoms. The average molecular weight is 239 g/mol. The van der Waals surface area contributed by atoms with E-state index in [0.717, 1.165) is 5.56 Å². The summed E-state index contributed by atoms with van der Waals surface area (Å²) >= 11 is 0. The lowest BCUT2D eigenvalue weighted by Gasteiger charge is -2.16. The maximum Gasteiger partial charge on any atom is 0.405 e. The first-order valence-electron chi connectivity index (χ1n) is 5.43. The van der Waals surface area contributed by atoms with Crippen molar-refractivity contribution in [3.05, 3.63) is 35.9 Å². The van der Waals surface area contributed by atoms with Crippen molar-refractivity contribution in [1.29, 1.82) is 0 Å². The Morgan fingerprint density at radius 2 is 2.00 bits per heavy atom. The van der Waals surface area contributed by atoms with E-state index in [-0.39, 0.29) is 13.2 Å². The summed E-state index contributed by atoms with van der Waals surface area (Å²) in [5.41, 5.74) is 5.89. The Labute approximate surface area is 100 Å². The quantitative estimate of drug-likeness (QED) is 0.701. The summed E-state index contributed by atoms with van der Waals surface area (Å²) in [6.07, 6.45) is -0.708. The van der Waals surface area contributed by atoms with Crippen LogP contribution in [0, 0.1) is 0 Å². The van der Waals surface area contributed by atoms with Gasteiger partial charge < -0.3 is 20.3 Å². The van der Waals surface area contributed by atoms with Crippen LogP contribution in [0.1, 0.15) is 18.1 Å². The summed E-state index contributed by atoms with van der Waals surface area (Å²) in [6, 6.07) is 9.33. The molecule has 5 heteroatoms. The van der Waals surface area contributed by atoms with Crippen LogP contribution < -0.4 is 5.73 Å². The zero-order valence-corrected chi connectivity index (χ0v) is 9.54. The van der Waals surface area contributed by atoms with Gasteiger partial charge in [-0.15, -0.1) is 0 Å². The van der Waals surface area contributed by atoms with Gasteiger partial charge in [-0.2, -0.15) is 0 Å². The van der Waals surface area contributed by atoms with Crippen LogP contribution in [-0.4, -0.2) is 31.0 Å². The van der Waals surface area contributed by atoms with Crippen LogP contribution >= 0.6 is 0 Å². The fourth-order valence-corrected chi connectivity index (χ4v) is 1.46. The standard InChI is InChI=1S/C12H17NO4/c13-12(15)17-11(6-8-16-9-7-14)10-4-2-1-3-5-10/h1-5,11,14H,6-9H2,(H2,13,15). The van der Waals surface area contributed by atoms with Crippen LogP contribution in [0.5, 0.6) is 0 Å². The lowest BCUT2D eigenvalue weighted by molar-refractivity contribution is 0.0492. The molecule has 0 bridgehead atoms. The second-order valence-electron chi connectivity index (χ2n) is 3.46. The number of benzene rings is 1. The van der Waals surface area contributed by atoms with E-state index >= 15 is 0 Å². The van der Waals surface area contributed by atoms with Gasteiger partial charge in [0.15, 0.2) is 0 Å². The Bertz CT molecular complexity index is 329. The van der Waals surface area contributed by atoms with Crippen molar-refractivity contribution in [3.8, 4) is 0 Å². The van der Waals surface area contributed by atoms with Crippen molar-refractivity contribution in [3.63, 3.8) is 0 Å². The highest BCUT2D eigenvalue weighted by atomic mass is 16.6. The molecule has 0 radical (unpaired) electrons. The summed E-state index contributed by atoms with van der Waals surface area (Å²) in [6.45, 7) is 0.651. The summed E-state index contributed by atoms with van der Waals surface area (Å²) in [4.78, 5) is 10.8. The SMILES string of the molecule is NC(=O)OC(CCOCCO)c1ccccc1. The Hall–Kier alpha value is -1.59. The van der Waals surface area contributed by atoms with E-state index in [1.165, 1.54) is 0 Å². The molecule has 1 amide bonds. The molecule has 0 aliphatic carbocycles. The highest BCUT2D eigenvalue weighted by molar-refractivity contribution is 5.65. The largest absolute Gasteiger partial charge is 0.441 e. The Morgan fingerprint density at radius 3 is 2.59 bits per heavy atom. The molecule has 0 aliphatic rings. The average Bonchev–Trinajstić information content (AvgIpc) is 2.34. The summed E-state index contributed by atoms with van der Waals surface area (Å²) in [5, 5.41) is 8.56. The fraction of sp³-hybridized carbons (Fsp3) is 0.417. The molecular formula is C12H17NO4. The minimum atomic E-state index is -0.805. The molecule has 1 aromatic carbocycles. The summed E-state index contributed by atoms with van der Waals surface area (Å²) in [5.74, 6) is 0. The molecule has 3 N–H and O–H groups in total. The fourth-order valence-electron chi connectivity index (χ4n) is 1.46. The second kappa shape index (κ2) is 7.65. The van der Waals surface area contributed by atoms with Crippen LogP contribution in [0.15, 0.2) is 30.3 Å². The van der Waals surface area contributed by atoms with E-state index < -0.39 is 12.2 Å². The van der Waals surface area contributed by atoms with E-state index in [1.807, 2.05) is 30.3 Å². The Balaban J connectivity index is 2.52. The second-order valence-corrected chi connectivity index (χ2v) is 3.46. The van der Waals surface area contributed by atoms with Gasteiger partial charge in [0, 0.05) is 6.42 Å². The monoisotopic (exact) mass is 239 g/mol. The normalized spacial score (nSPS) is 12.1. The number of hydrogen-bond acceptors (Lipinski definition) is 4. The van der Waals surface area contributed by atoms with Gasteiger partial charge in [0.05, 0.1) is 19.8 Å². The minimum Gasteiger partial charge on any atom is -0.441 e. The van der Waals surface area contributed by atoms with Crippen LogP contribution in [0.3, 0.4) is 0 Å². The van der Waals surface area contributed by atoms with Gasteiger partial charge in [0.25, 0.3) is 0 Å². The van der Waals surface area contributed by atoms with E-state index in [9.17, 15) is 4.79 Å². The molecule has 0 aliphatic heterocycles. The summed E-state index contributed by atoms with van der Waals surface area (Å²) in [7, 11) is 0. The number of carbonyl (C=O) groups is 1. The molecule has 5 nitrogen and oxygen atoms in total. The highest BCUT2D eigenvalue weighted by Crippen LogP contribution is 2.20. The summed E-state index contributed by atoms with van der Waals surface area (Å²) < 4.78 is 10.1. The van der Waals surface area contributed by atoms with Crippen LogP contribution in [0.2, 0.25) is 0 Å². The third kappa shape index (κ3) is 5.33. The predicted molar refractivity (Wildman–Crippen MR) is 62.4 cm³/mol. The van der Waals surface area contributed by atoms with Crippen molar-refractivity contribution in [2.45, 2.75) is 12.5 Å². The van der Waals surface area contributed by atoms with E-state index in [2.05, 4.69) is 0 Å². The zero-order valence-electron chi connectivity index (χ0n) is 9.54. The molecule has 1 rings (SSSR count). The van der Waals surface area contributed by atoms with Gasteiger partial charge in [-0.3, -0.25) is 0 Å². The van der Waals surface area contributed by atoms with Gasteiger partial charge in [-0.05, 0) is 5.56 Å². The van der Waals surface area contributed by atoms with Gasteiger partial charge in [0.2, 0.25) is 0 Å². The first-order valence-corrected chi connectivity index (χ1v) is 5.43. The van der Waals surface area contributed by atoms with E-state index in [4.69, 9.17) is 20.3 Å². The smallest absolute Gasteiger partial charge is 0.405 e. The van der Waals surface area contributed by atoms with Crippen LogP contribution in [-0.2, 0) is 9.47 Å². The van der Waals surface area contributed by atoms with Gasteiger partial charge >= 0.3 is 6.09 Å². The number of aliphatic hydroxyl groups is 1. The van der Waals surface area contributed by atoms with Crippen LogP contribution in [0.25, 0.3) is 0 Å². The molecule has 94 valence electrons. The molecule has 0 spiro atoms. The van der Waals surface area contributed by atoms with Crippen molar-refractivity contribution in [2.24, 2.45) is 5.73 Å². The van der Waals surface area contributed by atoms with Crippen molar-refractivity contribution in [2.75, 3.05) is 19.8 Å². The van der Waals surface area contributed by atoms with Gasteiger partial charge in [0.1, 0.15) is 6.10 Å². The molecule has 1 unspecified atom stereocenters. The number of ether oxygens (including phenoxy) is 2. The topological polar surface area (TPSA) is 81.8 Å². The number of nitrogens with two attached hydrogens (primary N) is 1. The van der Waals surface area contributed by atoms with Crippen LogP contribution in [0.4, 0.5) is 4.79 Å². The first-order chi connectivity index (χ1) is 8.24. The first kappa shape index (κ1) is 13.5. The molecule has 0 aromatic heterocycles. The Kier molecular flexibility index (Phi) is 6.06. The number of rotatable bonds is 7. The maximum absolute atomic E-state index is 10.8. The minimum absolute atomic E-state index is 0.0212. The number of primary amides is 1. The predicted octanol–water partition coefficient (Wildman–Crippen LogP) is 1.22. The number of aliphatic hydroxyl groups excluding tert-OH is 1. The molecule has 1 atom stereocenters. The molecule has 0 fully saturated rings. The van der Waals surface area contributed by atoms with E-state index in [1.54, 1.807) is 0 Å².